The van der Waals surface area contributed by atoms with E-state index >= 15 is 0 Å². The zero-order valence-electron chi connectivity index (χ0n) is 15.6. The number of aliphatic hydroxyl groups excluding tert-OH is 1. The number of hydrogen-bond acceptors (Lipinski definition) is 5. The summed E-state index contributed by atoms with van der Waals surface area (Å²) in [6.07, 6.45) is 0.853. The molecule has 1 aliphatic carbocycles. The van der Waals surface area contributed by atoms with Gasteiger partial charge < -0.3 is 20.5 Å². The predicted octanol–water partition coefficient (Wildman–Crippen LogP) is 3.74. The molecule has 142 valence electrons. The number of halogens is 1. The van der Waals surface area contributed by atoms with Gasteiger partial charge in [-0.05, 0) is 64.7 Å². The molecule has 1 fully saturated rings. The minimum absolute atomic E-state index is 0.330. The summed E-state index contributed by atoms with van der Waals surface area (Å²) in [5, 5.41) is 26.1. The van der Waals surface area contributed by atoms with Crippen molar-refractivity contribution in [2.24, 2.45) is 0 Å². The average Bonchev–Trinajstić information content (AvgIpc) is 2.88. The van der Waals surface area contributed by atoms with Crippen LogP contribution in [0.4, 0.5) is 10.5 Å². The van der Waals surface area contributed by atoms with Crippen molar-refractivity contribution in [2.45, 2.75) is 64.2 Å². The molecule has 2 atom stereocenters. The number of ether oxygens (including phenoxy) is 1. The lowest BCUT2D eigenvalue weighted by Gasteiger charge is -2.35. The first kappa shape index (κ1) is 20.3. The third kappa shape index (κ3) is 4.60. The summed E-state index contributed by atoms with van der Waals surface area (Å²) in [7, 11) is 0. The molecular weight excluding hydrogens is 354 g/mol. The fourth-order valence-corrected chi connectivity index (χ4v) is 3.38. The Bertz CT molecular complexity index is 724. The topological polar surface area (TPSA) is 94.4 Å². The predicted molar refractivity (Wildman–Crippen MR) is 101 cm³/mol. The van der Waals surface area contributed by atoms with Crippen LogP contribution in [0.1, 0.15) is 51.2 Å². The molecule has 26 heavy (non-hydrogen) atoms. The van der Waals surface area contributed by atoms with Crippen molar-refractivity contribution in [1.82, 2.24) is 5.32 Å². The second-order valence-electron chi connectivity index (χ2n) is 7.76. The van der Waals surface area contributed by atoms with E-state index in [0.717, 1.165) is 17.7 Å². The average molecular weight is 380 g/mol. The molecule has 1 aromatic rings. The second kappa shape index (κ2) is 7.73. The van der Waals surface area contributed by atoms with Crippen molar-refractivity contribution < 1.29 is 14.6 Å². The summed E-state index contributed by atoms with van der Waals surface area (Å²) in [5.41, 5.74) is 0.510. The van der Waals surface area contributed by atoms with Crippen molar-refractivity contribution in [3.05, 3.63) is 28.3 Å². The van der Waals surface area contributed by atoms with Crippen molar-refractivity contribution in [2.75, 3.05) is 11.9 Å². The van der Waals surface area contributed by atoms with Gasteiger partial charge >= 0.3 is 6.09 Å². The quantitative estimate of drug-likeness (QED) is 0.740. The first-order valence-corrected chi connectivity index (χ1v) is 9.08. The Labute approximate surface area is 159 Å². The third-order valence-corrected chi connectivity index (χ3v) is 5.08. The fourth-order valence-electron chi connectivity index (χ4n) is 3.17. The van der Waals surface area contributed by atoms with E-state index in [9.17, 15) is 9.90 Å². The zero-order valence-corrected chi connectivity index (χ0v) is 16.4. The highest BCUT2D eigenvalue weighted by atomic mass is 35.5. The molecule has 3 N–H and O–H groups in total. The Morgan fingerprint density at radius 1 is 1.50 bits per heavy atom. The number of alkyl carbamates (subject to hydrolysis) is 1. The number of carbonyl (C=O) groups is 1. The molecule has 0 heterocycles. The van der Waals surface area contributed by atoms with Crippen LogP contribution in [0.2, 0.25) is 5.02 Å². The summed E-state index contributed by atoms with van der Waals surface area (Å²) in [4.78, 5) is 12.3. The highest BCUT2D eigenvalue weighted by Gasteiger charge is 2.44. The smallest absolute Gasteiger partial charge is 0.408 e. The van der Waals surface area contributed by atoms with Crippen LogP contribution in [0.25, 0.3) is 0 Å². The van der Waals surface area contributed by atoms with Crippen LogP contribution in [0.15, 0.2) is 12.1 Å². The Balaban J connectivity index is 2.16. The molecule has 0 unspecified atom stereocenters. The van der Waals surface area contributed by atoms with Crippen molar-refractivity contribution in [3.63, 3.8) is 0 Å². The van der Waals surface area contributed by atoms with Crippen LogP contribution in [0, 0.1) is 18.3 Å². The lowest BCUT2D eigenvalue weighted by atomic mass is 9.94. The Morgan fingerprint density at radius 3 is 2.73 bits per heavy atom. The summed E-state index contributed by atoms with van der Waals surface area (Å²) >= 11 is 6.21. The third-order valence-electron chi connectivity index (χ3n) is 4.59. The molecule has 6 nitrogen and oxygen atoms in total. The van der Waals surface area contributed by atoms with E-state index in [2.05, 4.69) is 10.6 Å². The zero-order chi connectivity index (χ0) is 19.5. The second-order valence-corrected chi connectivity index (χ2v) is 8.13. The lowest BCUT2D eigenvalue weighted by Crippen LogP contribution is -2.58. The van der Waals surface area contributed by atoms with Gasteiger partial charge in [0.05, 0.1) is 22.2 Å². The molecule has 2 rings (SSSR count). The van der Waals surface area contributed by atoms with Crippen LogP contribution >= 0.6 is 11.6 Å². The van der Waals surface area contributed by atoms with Gasteiger partial charge in [0.2, 0.25) is 0 Å². The SMILES string of the molecule is Cc1c(NC[C@@]2(NC(=O)OC(C)(C)C)CCC[C@@H]2O)ccc(C#N)c1Cl. The first-order valence-electron chi connectivity index (χ1n) is 8.70. The maximum atomic E-state index is 12.3. The van der Waals surface area contributed by atoms with Gasteiger partial charge in [0.1, 0.15) is 11.7 Å². The van der Waals surface area contributed by atoms with Crippen LogP contribution in [0.3, 0.4) is 0 Å². The van der Waals surface area contributed by atoms with Crippen LogP contribution < -0.4 is 10.6 Å². The number of nitriles is 1. The number of nitrogens with one attached hydrogen (secondary N) is 2. The molecule has 0 radical (unpaired) electrons. The summed E-state index contributed by atoms with van der Waals surface area (Å²) in [5.74, 6) is 0. The number of amides is 1. The van der Waals surface area contributed by atoms with Crippen LogP contribution in [-0.4, -0.2) is 35.0 Å². The molecule has 7 heteroatoms. The van der Waals surface area contributed by atoms with Gasteiger partial charge in [0.15, 0.2) is 0 Å². The molecule has 1 amide bonds. The summed E-state index contributed by atoms with van der Waals surface area (Å²) < 4.78 is 5.35. The van der Waals surface area contributed by atoms with Crippen LogP contribution in [-0.2, 0) is 4.74 Å². The number of rotatable bonds is 4. The van der Waals surface area contributed by atoms with Gasteiger partial charge in [-0.15, -0.1) is 0 Å². The molecule has 0 aromatic heterocycles. The Hall–Kier alpha value is -1.97. The lowest BCUT2D eigenvalue weighted by molar-refractivity contribution is 0.0320. The molecule has 1 aliphatic rings. The number of benzene rings is 1. The van der Waals surface area contributed by atoms with E-state index in [1.165, 1.54) is 0 Å². The number of anilines is 1. The highest BCUT2D eigenvalue weighted by Crippen LogP contribution is 2.33. The monoisotopic (exact) mass is 379 g/mol. The number of carbonyl (C=O) groups excluding carboxylic acids is 1. The molecule has 1 aromatic carbocycles. The van der Waals surface area contributed by atoms with Gasteiger partial charge in [-0.2, -0.15) is 5.26 Å². The van der Waals surface area contributed by atoms with Gasteiger partial charge in [-0.25, -0.2) is 4.79 Å². The molecule has 0 bridgehead atoms. The Kier molecular flexibility index (Phi) is 6.05. The minimum Gasteiger partial charge on any atom is -0.444 e. The van der Waals surface area contributed by atoms with Crippen molar-refractivity contribution in [1.29, 1.82) is 5.26 Å². The number of aliphatic hydroxyl groups is 1. The Morgan fingerprint density at radius 2 is 2.19 bits per heavy atom. The van der Waals surface area contributed by atoms with E-state index in [-0.39, 0.29) is 0 Å². The van der Waals surface area contributed by atoms with E-state index in [4.69, 9.17) is 21.6 Å². The van der Waals surface area contributed by atoms with Gasteiger partial charge in [0.25, 0.3) is 0 Å². The van der Waals surface area contributed by atoms with E-state index in [1.54, 1.807) is 32.9 Å². The van der Waals surface area contributed by atoms with Gasteiger partial charge in [-0.1, -0.05) is 11.6 Å². The number of nitrogens with zero attached hydrogens (tertiary/aromatic N) is 1. The summed E-state index contributed by atoms with van der Waals surface area (Å²) in [6.45, 7) is 7.54. The van der Waals surface area contributed by atoms with E-state index < -0.39 is 23.3 Å². The van der Waals surface area contributed by atoms with Gasteiger partial charge in [-0.3, -0.25) is 0 Å². The summed E-state index contributed by atoms with van der Waals surface area (Å²) in [6, 6.07) is 5.48. The first-order chi connectivity index (χ1) is 12.1. The van der Waals surface area contributed by atoms with Crippen LogP contribution in [0.5, 0.6) is 0 Å². The van der Waals surface area contributed by atoms with Crippen molar-refractivity contribution in [3.8, 4) is 6.07 Å². The molecule has 0 spiro atoms. The van der Waals surface area contributed by atoms with Crippen molar-refractivity contribution >= 4 is 23.4 Å². The minimum atomic E-state index is -0.810. The maximum absolute atomic E-state index is 12.3. The highest BCUT2D eigenvalue weighted by molar-refractivity contribution is 6.32. The standard InChI is InChI=1S/C19H26ClN3O3/c1-12-14(8-7-13(10-21)16(12)20)22-11-19(9-5-6-15(19)24)23-17(25)26-18(2,3)4/h7-8,15,22,24H,5-6,9,11H2,1-4H3,(H,23,25)/t15-,19-/m0/s1. The molecule has 0 saturated heterocycles. The maximum Gasteiger partial charge on any atom is 0.408 e. The normalized spacial score (nSPS) is 22.6. The fraction of sp³-hybridized carbons (Fsp3) is 0.579. The van der Waals surface area contributed by atoms with E-state index in [1.807, 2.05) is 13.0 Å². The van der Waals surface area contributed by atoms with E-state index in [0.29, 0.717) is 30.0 Å². The molecule has 1 saturated carbocycles. The number of hydrogen-bond donors (Lipinski definition) is 3. The largest absolute Gasteiger partial charge is 0.444 e. The molecule has 0 aliphatic heterocycles. The van der Waals surface area contributed by atoms with Gasteiger partial charge in [0, 0.05) is 12.2 Å². The molecular formula is C19H26ClN3O3.